The highest BCUT2D eigenvalue weighted by molar-refractivity contribution is 5.88. The minimum atomic E-state index is -0.206. The number of rotatable bonds is 3. The van der Waals surface area contributed by atoms with Crippen LogP contribution in [-0.2, 0) is 16.1 Å². The van der Waals surface area contributed by atoms with Crippen LogP contribution in [0, 0.1) is 0 Å². The van der Waals surface area contributed by atoms with Crippen molar-refractivity contribution in [3.63, 3.8) is 0 Å². The van der Waals surface area contributed by atoms with Crippen LogP contribution in [0.1, 0.15) is 18.4 Å². The maximum absolute atomic E-state index is 11.4. The molecule has 0 aromatic heterocycles. The number of methoxy groups -OCH3 is 1. The highest BCUT2D eigenvalue weighted by Gasteiger charge is 2.16. The minimum absolute atomic E-state index is 0.206. The standard InChI is InChI=1S/C14H17NO2/c1-17-14(16)13-8-5-9-15(11-13)10-12-6-3-2-4-7-12/h2-4,6-7,11H,5,8-10H2,1H3. The van der Waals surface area contributed by atoms with Crippen LogP contribution in [0.5, 0.6) is 0 Å². The van der Waals surface area contributed by atoms with Gasteiger partial charge < -0.3 is 9.64 Å². The monoisotopic (exact) mass is 231 g/mol. The van der Waals surface area contributed by atoms with Crippen LogP contribution in [0.3, 0.4) is 0 Å². The molecule has 0 bridgehead atoms. The molecule has 3 heteroatoms. The molecule has 0 aliphatic carbocycles. The molecule has 0 saturated carbocycles. The van der Waals surface area contributed by atoms with Crippen LogP contribution >= 0.6 is 0 Å². The van der Waals surface area contributed by atoms with Gasteiger partial charge in [0.25, 0.3) is 0 Å². The van der Waals surface area contributed by atoms with Gasteiger partial charge in [0.2, 0.25) is 0 Å². The van der Waals surface area contributed by atoms with Crippen LogP contribution in [0.2, 0.25) is 0 Å². The van der Waals surface area contributed by atoms with Crippen molar-refractivity contribution < 1.29 is 9.53 Å². The lowest BCUT2D eigenvalue weighted by molar-refractivity contribution is -0.136. The number of carbonyl (C=O) groups is 1. The van der Waals surface area contributed by atoms with Crippen LogP contribution in [0.4, 0.5) is 0 Å². The van der Waals surface area contributed by atoms with Crippen molar-refractivity contribution in [2.24, 2.45) is 0 Å². The van der Waals surface area contributed by atoms with Crippen molar-refractivity contribution in [3.05, 3.63) is 47.7 Å². The molecule has 17 heavy (non-hydrogen) atoms. The largest absolute Gasteiger partial charge is 0.466 e. The molecule has 1 heterocycles. The van der Waals surface area contributed by atoms with Gasteiger partial charge in [-0.2, -0.15) is 0 Å². The van der Waals surface area contributed by atoms with E-state index >= 15 is 0 Å². The molecule has 1 aromatic rings. The number of hydrogen-bond donors (Lipinski definition) is 0. The molecule has 0 radical (unpaired) electrons. The first-order chi connectivity index (χ1) is 8.29. The SMILES string of the molecule is COC(=O)C1=CN(Cc2ccccc2)CCC1. The Bertz CT molecular complexity index is 411. The third-order valence-corrected chi connectivity index (χ3v) is 2.91. The molecule has 0 saturated heterocycles. The Labute approximate surface area is 102 Å². The highest BCUT2D eigenvalue weighted by Crippen LogP contribution is 2.17. The summed E-state index contributed by atoms with van der Waals surface area (Å²) in [7, 11) is 1.43. The normalized spacial score (nSPS) is 15.4. The van der Waals surface area contributed by atoms with Gasteiger partial charge in [0.1, 0.15) is 0 Å². The fourth-order valence-electron chi connectivity index (χ4n) is 2.05. The first-order valence-electron chi connectivity index (χ1n) is 5.86. The summed E-state index contributed by atoms with van der Waals surface area (Å²) in [4.78, 5) is 13.6. The second kappa shape index (κ2) is 5.53. The number of ether oxygens (including phenoxy) is 1. The van der Waals surface area contributed by atoms with Crippen LogP contribution < -0.4 is 0 Å². The highest BCUT2D eigenvalue weighted by atomic mass is 16.5. The van der Waals surface area contributed by atoms with Gasteiger partial charge in [-0.3, -0.25) is 0 Å². The third kappa shape index (κ3) is 3.09. The lowest BCUT2D eigenvalue weighted by atomic mass is 10.1. The minimum Gasteiger partial charge on any atom is -0.466 e. The fraction of sp³-hybridized carbons (Fsp3) is 0.357. The van der Waals surface area contributed by atoms with Crippen LogP contribution in [0.25, 0.3) is 0 Å². The summed E-state index contributed by atoms with van der Waals surface area (Å²) in [6.45, 7) is 1.84. The summed E-state index contributed by atoms with van der Waals surface area (Å²) in [6.07, 6.45) is 3.76. The van der Waals surface area contributed by atoms with E-state index in [0.29, 0.717) is 0 Å². The van der Waals surface area contributed by atoms with E-state index in [2.05, 4.69) is 17.0 Å². The molecule has 0 N–H and O–H groups in total. The maximum atomic E-state index is 11.4. The lowest BCUT2D eigenvalue weighted by Crippen LogP contribution is -2.24. The molecule has 0 spiro atoms. The first kappa shape index (κ1) is 11.7. The van der Waals surface area contributed by atoms with Crippen LogP contribution in [-0.4, -0.2) is 24.5 Å². The first-order valence-corrected chi connectivity index (χ1v) is 5.86. The van der Waals surface area contributed by atoms with E-state index in [-0.39, 0.29) is 5.97 Å². The third-order valence-electron chi connectivity index (χ3n) is 2.91. The lowest BCUT2D eigenvalue weighted by Gasteiger charge is -2.25. The van der Waals surface area contributed by atoms with Gasteiger partial charge >= 0.3 is 5.97 Å². The van der Waals surface area contributed by atoms with E-state index in [4.69, 9.17) is 4.74 Å². The zero-order chi connectivity index (χ0) is 12.1. The van der Waals surface area contributed by atoms with Gasteiger partial charge in [0.05, 0.1) is 12.7 Å². The van der Waals surface area contributed by atoms with E-state index in [1.54, 1.807) is 0 Å². The molecule has 3 nitrogen and oxygen atoms in total. The molecule has 1 aromatic carbocycles. The van der Waals surface area contributed by atoms with Gasteiger partial charge in [0, 0.05) is 19.3 Å². The predicted octanol–water partition coefficient (Wildman–Crippen LogP) is 2.34. The Kier molecular flexibility index (Phi) is 3.81. The number of nitrogens with zero attached hydrogens (tertiary/aromatic N) is 1. The molecule has 0 unspecified atom stereocenters. The second-order valence-corrected chi connectivity index (χ2v) is 4.21. The molecule has 2 rings (SSSR count). The average molecular weight is 231 g/mol. The van der Waals surface area contributed by atoms with Crippen molar-refractivity contribution in [1.29, 1.82) is 0 Å². The Morgan fingerprint density at radius 2 is 2.12 bits per heavy atom. The van der Waals surface area contributed by atoms with Crippen molar-refractivity contribution in [2.45, 2.75) is 19.4 Å². The molecule has 90 valence electrons. The van der Waals surface area contributed by atoms with E-state index in [0.717, 1.165) is 31.5 Å². The van der Waals surface area contributed by atoms with E-state index in [1.807, 2.05) is 24.4 Å². The van der Waals surface area contributed by atoms with Gasteiger partial charge in [-0.15, -0.1) is 0 Å². The fourth-order valence-corrected chi connectivity index (χ4v) is 2.05. The number of benzene rings is 1. The van der Waals surface area contributed by atoms with E-state index in [9.17, 15) is 4.79 Å². The van der Waals surface area contributed by atoms with Crippen molar-refractivity contribution in [3.8, 4) is 0 Å². The number of carbonyl (C=O) groups excluding carboxylic acids is 1. The van der Waals surface area contributed by atoms with Gasteiger partial charge in [-0.1, -0.05) is 30.3 Å². The second-order valence-electron chi connectivity index (χ2n) is 4.21. The summed E-state index contributed by atoms with van der Waals surface area (Å²) in [5, 5.41) is 0. The average Bonchev–Trinajstić information content (AvgIpc) is 2.39. The zero-order valence-corrected chi connectivity index (χ0v) is 10.1. The Morgan fingerprint density at radius 1 is 1.35 bits per heavy atom. The Morgan fingerprint density at radius 3 is 2.82 bits per heavy atom. The van der Waals surface area contributed by atoms with E-state index < -0.39 is 0 Å². The zero-order valence-electron chi connectivity index (χ0n) is 10.1. The molecular weight excluding hydrogens is 214 g/mol. The summed E-state index contributed by atoms with van der Waals surface area (Å²) in [5.41, 5.74) is 2.03. The summed E-state index contributed by atoms with van der Waals surface area (Å²) < 4.78 is 4.75. The number of hydrogen-bond acceptors (Lipinski definition) is 3. The molecule has 1 aliphatic rings. The van der Waals surface area contributed by atoms with Crippen molar-refractivity contribution in [1.82, 2.24) is 4.90 Å². The summed E-state index contributed by atoms with van der Waals surface area (Å²) >= 11 is 0. The molecular formula is C14H17NO2. The van der Waals surface area contributed by atoms with Crippen LogP contribution in [0.15, 0.2) is 42.1 Å². The smallest absolute Gasteiger partial charge is 0.335 e. The van der Waals surface area contributed by atoms with Gasteiger partial charge in [-0.25, -0.2) is 4.79 Å². The molecule has 0 fully saturated rings. The van der Waals surface area contributed by atoms with Crippen molar-refractivity contribution >= 4 is 5.97 Å². The molecule has 0 amide bonds. The van der Waals surface area contributed by atoms with Crippen molar-refractivity contribution in [2.75, 3.05) is 13.7 Å². The quantitative estimate of drug-likeness (QED) is 0.748. The maximum Gasteiger partial charge on any atom is 0.335 e. The molecule has 1 aliphatic heterocycles. The number of esters is 1. The topological polar surface area (TPSA) is 29.5 Å². The Hall–Kier alpha value is -1.77. The Balaban J connectivity index is 2.04. The van der Waals surface area contributed by atoms with Gasteiger partial charge in [-0.05, 0) is 18.4 Å². The predicted molar refractivity (Wildman–Crippen MR) is 66.2 cm³/mol. The van der Waals surface area contributed by atoms with E-state index in [1.165, 1.54) is 12.7 Å². The van der Waals surface area contributed by atoms with Gasteiger partial charge in [0.15, 0.2) is 0 Å². The summed E-state index contributed by atoms with van der Waals surface area (Å²) in [6, 6.07) is 10.3. The summed E-state index contributed by atoms with van der Waals surface area (Å²) in [5.74, 6) is -0.206. The molecule has 0 atom stereocenters.